The number of nitrogens with zero attached hydrogens (tertiary/aromatic N) is 2. The highest BCUT2D eigenvalue weighted by Crippen LogP contribution is 2.31. The number of carbonyl (C=O) groups excluding carboxylic acids is 1. The number of nitrogens with one attached hydrogen (secondary N) is 2. The van der Waals surface area contributed by atoms with E-state index in [1.165, 1.54) is 16.3 Å². The molecule has 9 heteroatoms. The van der Waals surface area contributed by atoms with Crippen molar-refractivity contribution in [2.45, 2.75) is 30.3 Å². The van der Waals surface area contributed by atoms with Crippen molar-refractivity contribution in [3.63, 3.8) is 0 Å². The molecule has 0 aliphatic rings. The number of anilines is 1. The zero-order chi connectivity index (χ0) is 20.1. The van der Waals surface area contributed by atoms with Gasteiger partial charge in [-0.15, -0.1) is 5.10 Å². The number of para-hydroxylation sites is 1. The molecule has 3 aromatic rings. The molecule has 146 valence electrons. The van der Waals surface area contributed by atoms with E-state index < -0.39 is 5.25 Å². The summed E-state index contributed by atoms with van der Waals surface area (Å²) in [5.41, 5.74) is 1.18. The van der Waals surface area contributed by atoms with E-state index in [-0.39, 0.29) is 11.6 Å². The third kappa shape index (κ3) is 4.98. The lowest BCUT2D eigenvalue weighted by Crippen LogP contribution is -2.24. The minimum atomic E-state index is -0.516. The monoisotopic (exact) mass is 436 g/mol. The summed E-state index contributed by atoms with van der Waals surface area (Å²) in [5, 5.41) is 9.89. The summed E-state index contributed by atoms with van der Waals surface area (Å²) in [6.07, 6.45) is 0.684. The number of amides is 1. The molecular formula is C19H18Cl2N4O2S. The summed E-state index contributed by atoms with van der Waals surface area (Å²) >= 11 is 13.4. The number of aromatic nitrogens is 3. The minimum Gasteiger partial charge on any atom is -0.323 e. The highest BCUT2D eigenvalue weighted by atomic mass is 35.5. The molecule has 1 amide bonds. The van der Waals surface area contributed by atoms with Gasteiger partial charge in [0.2, 0.25) is 5.91 Å². The van der Waals surface area contributed by atoms with Gasteiger partial charge >= 0.3 is 5.69 Å². The molecule has 2 N–H and O–H groups in total. The molecule has 0 aliphatic heterocycles. The molecule has 2 aromatic carbocycles. The Morgan fingerprint density at radius 1 is 1.18 bits per heavy atom. The van der Waals surface area contributed by atoms with Crippen LogP contribution in [0.1, 0.15) is 12.5 Å². The lowest BCUT2D eigenvalue weighted by molar-refractivity contribution is -0.115. The summed E-state index contributed by atoms with van der Waals surface area (Å²) < 4.78 is 1.53. The number of aryl methyl sites for hydroxylation is 1. The standard InChI is InChI=1S/C19H18Cl2N4O2S/c1-12(17(26)22-16-14(20)8-5-9-15(16)21)28-19-24-23-18(27)25(19)11-10-13-6-3-2-4-7-13/h2-9,12H,10-11H2,1H3,(H,22,26)(H,23,27). The fourth-order valence-corrected chi connectivity index (χ4v) is 3.90. The van der Waals surface area contributed by atoms with E-state index in [1.54, 1.807) is 25.1 Å². The van der Waals surface area contributed by atoms with E-state index in [0.717, 1.165) is 5.56 Å². The summed E-state index contributed by atoms with van der Waals surface area (Å²) in [5.74, 6) is -0.287. The van der Waals surface area contributed by atoms with Crippen LogP contribution >= 0.6 is 35.0 Å². The largest absolute Gasteiger partial charge is 0.343 e. The van der Waals surface area contributed by atoms with Crippen molar-refractivity contribution in [3.05, 3.63) is 74.6 Å². The molecule has 0 radical (unpaired) electrons. The maximum Gasteiger partial charge on any atom is 0.343 e. The van der Waals surface area contributed by atoms with Crippen LogP contribution in [-0.2, 0) is 17.8 Å². The number of hydrogen-bond donors (Lipinski definition) is 2. The van der Waals surface area contributed by atoms with Gasteiger partial charge in [-0.1, -0.05) is 71.4 Å². The van der Waals surface area contributed by atoms with Gasteiger partial charge in [-0.05, 0) is 31.0 Å². The van der Waals surface area contributed by atoms with Gasteiger partial charge in [0.15, 0.2) is 5.16 Å². The molecule has 0 bridgehead atoms. The Kier molecular flexibility index (Phi) is 6.83. The van der Waals surface area contributed by atoms with E-state index in [0.29, 0.717) is 33.9 Å². The average molecular weight is 437 g/mol. The normalized spacial score (nSPS) is 12.0. The van der Waals surface area contributed by atoms with Gasteiger partial charge in [0.25, 0.3) is 0 Å². The van der Waals surface area contributed by atoms with Crippen LogP contribution in [0.25, 0.3) is 0 Å². The Hall–Kier alpha value is -2.22. The topological polar surface area (TPSA) is 79.8 Å². The summed E-state index contributed by atoms with van der Waals surface area (Å²) in [6, 6.07) is 14.9. The zero-order valence-corrected chi connectivity index (χ0v) is 17.3. The van der Waals surface area contributed by atoms with Gasteiger partial charge in [0.05, 0.1) is 21.0 Å². The van der Waals surface area contributed by atoms with Gasteiger partial charge in [0.1, 0.15) is 0 Å². The van der Waals surface area contributed by atoms with Gasteiger partial charge in [-0.2, -0.15) is 0 Å². The number of H-pyrrole nitrogens is 1. The molecule has 0 saturated carbocycles. The Morgan fingerprint density at radius 3 is 2.54 bits per heavy atom. The summed E-state index contributed by atoms with van der Waals surface area (Å²) in [6.45, 7) is 2.19. The number of thioether (sulfide) groups is 1. The average Bonchev–Trinajstić information content (AvgIpc) is 3.03. The minimum absolute atomic E-state index is 0.287. The SMILES string of the molecule is CC(Sc1n[nH]c(=O)n1CCc1ccccc1)C(=O)Nc1c(Cl)cccc1Cl. The number of carbonyl (C=O) groups is 1. The van der Waals surface area contributed by atoms with E-state index >= 15 is 0 Å². The van der Waals surface area contributed by atoms with Crippen LogP contribution in [-0.4, -0.2) is 25.9 Å². The predicted molar refractivity (Wildman–Crippen MR) is 113 cm³/mol. The molecule has 0 fully saturated rings. The first kappa shape index (κ1) is 20.5. The van der Waals surface area contributed by atoms with Crippen molar-refractivity contribution < 1.29 is 4.79 Å². The van der Waals surface area contributed by atoms with E-state index in [1.807, 2.05) is 30.3 Å². The quantitative estimate of drug-likeness (QED) is 0.542. The highest BCUT2D eigenvalue weighted by Gasteiger charge is 2.20. The van der Waals surface area contributed by atoms with Gasteiger partial charge in [0, 0.05) is 6.54 Å². The van der Waals surface area contributed by atoms with E-state index in [4.69, 9.17) is 23.2 Å². The molecule has 0 aliphatic carbocycles. The van der Waals surface area contributed by atoms with Crippen molar-refractivity contribution in [3.8, 4) is 0 Å². The molecule has 28 heavy (non-hydrogen) atoms. The van der Waals surface area contributed by atoms with Crippen LogP contribution in [0.3, 0.4) is 0 Å². The fraction of sp³-hybridized carbons (Fsp3) is 0.211. The maximum atomic E-state index is 12.5. The zero-order valence-electron chi connectivity index (χ0n) is 15.0. The molecule has 1 unspecified atom stereocenters. The van der Waals surface area contributed by atoms with Crippen LogP contribution < -0.4 is 11.0 Å². The van der Waals surface area contributed by atoms with E-state index in [9.17, 15) is 9.59 Å². The molecule has 1 aromatic heterocycles. The fourth-order valence-electron chi connectivity index (χ4n) is 2.53. The first-order chi connectivity index (χ1) is 13.5. The number of aromatic amines is 1. The van der Waals surface area contributed by atoms with Crippen LogP contribution in [0.4, 0.5) is 5.69 Å². The van der Waals surface area contributed by atoms with Crippen LogP contribution in [0.5, 0.6) is 0 Å². The first-order valence-corrected chi connectivity index (χ1v) is 10.2. The van der Waals surface area contributed by atoms with Crippen LogP contribution in [0, 0.1) is 0 Å². The number of rotatable bonds is 7. The van der Waals surface area contributed by atoms with E-state index in [2.05, 4.69) is 15.5 Å². The second kappa shape index (κ2) is 9.32. The summed E-state index contributed by atoms with van der Waals surface area (Å²) in [4.78, 5) is 24.6. The number of hydrogen-bond acceptors (Lipinski definition) is 4. The third-order valence-corrected chi connectivity index (χ3v) is 5.77. The van der Waals surface area contributed by atoms with Crippen molar-refractivity contribution in [2.75, 3.05) is 5.32 Å². The molecule has 0 saturated heterocycles. The first-order valence-electron chi connectivity index (χ1n) is 8.56. The maximum absolute atomic E-state index is 12.5. The summed E-state index contributed by atoms with van der Waals surface area (Å²) in [7, 11) is 0. The molecule has 6 nitrogen and oxygen atoms in total. The molecule has 0 spiro atoms. The molecular weight excluding hydrogens is 419 g/mol. The molecule has 1 atom stereocenters. The smallest absolute Gasteiger partial charge is 0.323 e. The van der Waals surface area contributed by atoms with Crippen LogP contribution in [0.15, 0.2) is 58.5 Å². The Labute approximate surface area is 176 Å². The predicted octanol–water partition coefficient (Wildman–Crippen LogP) is 4.24. The Morgan fingerprint density at radius 2 is 1.86 bits per heavy atom. The lowest BCUT2D eigenvalue weighted by Gasteiger charge is -2.14. The van der Waals surface area contributed by atoms with Gasteiger partial charge in [-0.25, -0.2) is 9.89 Å². The van der Waals surface area contributed by atoms with Crippen molar-refractivity contribution in [1.29, 1.82) is 0 Å². The van der Waals surface area contributed by atoms with Crippen molar-refractivity contribution in [1.82, 2.24) is 14.8 Å². The second-order valence-electron chi connectivity index (χ2n) is 6.04. The lowest BCUT2D eigenvalue weighted by atomic mass is 10.1. The third-order valence-electron chi connectivity index (χ3n) is 4.05. The van der Waals surface area contributed by atoms with Crippen molar-refractivity contribution >= 4 is 46.6 Å². The van der Waals surface area contributed by atoms with Gasteiger partial charge < -0.3 is 5.32 Å². The second-order valence-corrected chi connectivity index (χ2v) is 8.17. The number of halogens is 2. The van der Waals surface area contributed by atoms with Crippen LogP contribution in [0.2, 0.25) is 10.0 Å². The van der Waals surface area contributed by atoms with Gasteiger partial charge in [-0.3, -0.25) is 9.36 Å². The Bertz CT molecular complexity index is 1000. The molecule has 3 rings (SSSR count). The van der Waals surface area contributed by atoms with Crippen molar-refractivity contribution in [2.24, 2.45) is 0 Å². The Balaban J connectivity index is 1.68. The molecule has 1 heterocycles. The highest BCUT2D eigenvalue weighted by molar-refractivity contribution is 8.00. The number of benzene rings is 2.